The molecule has 0 aliphatic rings. The zero-order valence-corrected chi connectivity index (χ0v) is 9.50. The number of rotatable bonds is 3. The molecule has 0 bridgehead atoms. The van der Waals surface area contributed by atoms with Crippen LogP contribution in [-0.4, -0.2) is 22.7 Å². The summed E-state index contributed by atoms with van der Waals surface area (Å²) < 4.78 is 0. The molecule has 0 amide bonds. The first kappa shape index (κ1) is 11.9. The van der Waals surface area contributed by atoms with Gasteiger partial charge in [0, 0.05) is 11.6 Å². The number of ketones is 1. The Morgan fingerprint density at radius 2 is 1.72 bits per heavy atom. The molecule has 4 nitrogen and oxygen atoms in total. The zero-order valence-electron chi connectivity index (χ0n) is 9.50. The molecule has 18 heavy (non-hydrogen) atoms. The number of carbonyl (C=O) groups excluding carboxylic acids is 1. The predicted molar refractivity (Wildman–Crippen MR) is 68.9 cm³/mol. The van der Waals surface area contributed by atoms with Gasteiger partial charge < -0.3 is 10.2 Å². The van der Waals surface area contributed by atoms with Crippen LogP contribution in [0.1, 0.15) is 15.9 Å². The Morgan fingerprint density at radius 1 is 1.06 bits per heavy atom. The molecule has 0 spiro atoms. The van der Waals surface area contributed by atoms with Gasteiger partial charge in [0.2, 0.25) is 0 Å². The van der Waals surface area contributed by atoms with Crippen molar-refractivity contribution in [2.45, 2.75) is 0 Å². The second-order valence-electron chi connectivity index (χ2n) is 3.74. The lowest BCUT2D eigenvalue weighted by atomic mass is 10.0. The van der Waals surface area contributed by atoms with Crippen molar-refractivity contribution in [3.8, 4) is 11.5 Å². The van der Waals surface area contributed by atoms with Crippen LogP contribution in [0.4, 0.5) is 5.69 Å². The molecule has 4 heteroatoms. The number of phenols is 2. The molecule has 2 aromatic rings. The third-order valence-electron chi connectivity index (χ3n) is 2.54. The molecular weight excluding hydrogens is 230 g/mol. The zero-order chi connectivity index (χ0) is 13.1. The number of aromatic hydroxyl groups is 2. The van der Waals surface area contributed by atoms with E-state index < -0.39 is 0 Å². The van der Waals surface area contributed by atoms with Crippen LogP contribution in [0, 0.1) is 0 Å². The third-order valence-corrected chi connectivity index (χ3v) is 2.54. The van der Waals surface area contributed by atoms with Crippen LogP contribution >= 0.6 is 0 Å². The van der Waals surface area contributed by atoms with Gasteiger partial charge in [0.25, 0.3) is 0 Å². The fraction of sp³-hybridized carbons (Fsp3) is 0. The molecule has 2 aromatic carbocycles. The average Bonchev–Trinajstić information content (AvgIpc) is 2.38. The van der Waals surface area contributed by atoms with Crippen LogP contribution in [0.15, 0.2) is 47.5 Å². The van der Waals surface area contributed by atoms with Crippen LogP contribution in [-0.2, 0) is 0 Å². The molecule has 2 N–H and O–H groups in total. The van der Waals surface area contributed by atoms with E-state index in [4.69, 9.17) is 5.11 Å². The van der Waals surface area contributed by atoms with Crippen LogP contribution < -0.4 is 0 Å². The highest BCUT2D eigenvalue weighted by molar-refractivity contribution is 6.10. The van der Waals surface area contributed by atoms with E-state index in [0.29, 0.717) is 11.3 Å². The number of hydrogen-bond donors (Lipinski definition) is 2. The molecule has 0 saturated carbocycles. The second-order valence-corrected chi connectivity index (χ2v) is 3.74. The fourth-order valence-electron chi connectivity index (χ4n) is 1.59. The van der Waals surface area contributed by atoms with Gasteiger partial charge in [-0.3, -0.25) is 9.79 Å². The van der Waals surface area contributed by atoms with Crippen molar-refractivity contribution in [3.05, 3.63) is 53.6 Å². The van der Waals surface area contributed by atoms with E-state index in [1.165, 1.54) is 12.1 Å². The first-order valence-electron chi connectivity index (χ1n) is 5.25. The Hall–Kier alpha value is -2.62. The summed E-state index contributed by atoms with van der Waals surface area (Å²) in [4.78, 5) is 15.8. The first-order valence-corrected chi connectivity index (χ1v) is 5.25. The summed E-state index contributed by atoms with van der Waals surface area (Å²) in [5.41, 5.74) is 1.25. The Labute approximate surface area is 104 Å². The highest BCUT2D eigenvalue weighted by Crippen LogP contribution is 2.25. The minimum absolute atomic E-state index is 0.0877. The Balaban J connectivity index is 2.38. The summed E-state index contributed by atoms with van der Waals surface area (Å²) in [6.07, 6.45) is 0. The average molecular weight is 241 g/mol. The number of benzene rings is 2. The fourth-order valence-corrected chi connectivity index (χ4v) is 1.59. The van der Waals surface area contributed by atoms with E-state index in [9.17, 15) is 9.90 Å². The molecule has 0 aromatic heterocycles. The van der Waals surface area contributed by atoms with Crippen LogP contribution in [0.25, 0.3) is 0 Å². The van der Waals surface area contributed by atoms with Crippen LogP contribution in [0.5, 0.6) is 11.5 Å². The SMILES string of the molecule is C=Nc1ccc(C(=O)c2ccc(O)cc2O)cc1. The van der Waals surface area contributed by atoms with Crippen LogP contribution in [0.3, 0.4) is 0 Å². The summed E-state index contributed by atoms with van der Waals surface area (Å²) in [6.45, 7) is 3.38. The van der Waals surface area contributed by atoms with E-state index in [-0.39, 0.29) is 22.8 Å². The van der Waals surface area contributed by atoms with E-state index >= 15 is 0 Å². The maximum absolute atomic E-state index is 12.1. The van der Waals surface area contributed by atoms with Crippen molar-refractivity contribution < 1.29 is 15.0 Å². The summed E-state index contributed by atoms with van der Waals surface area (Å²) in [7, 11) is 0. The molecule has 0 atom stereocenters. The maximum atomic E-state index is 12.1. The lowest BCUT2D eigenvalue weighted by Crippen LogP contribution is -2.01. The van der Waals surface area contributed by atoms with Gasteiger partial charge in [0.05, 0.1) is 11.3 Å². The number of phenolic OH excluding ortho intramolecular Hbond substituents is 2. The highest BCUT2D eigenvalue weighted by Gasteiger charge is 2.13. The standard InChI is InChI=1S/C14H11NO3/c1-15-10-4-2-9(3-5-10)14(18)12-7-6-11(16)8-13(12)17/h2-8,16-17H,1H2. The molecule has 0 aliphatic carbocycles. The van der Waals surface area contributed by atoms with Gasteiger partial charge in [0.15, 0.2) is 5.78 Å². The van der Waals surface area contributed by atoms with Gasteiger partial charge >= 0.3 is 0 Å². The lowest BCUT2D eigenvalue weighted by Gasteiger charge is -2.04. The predicted octanol–water partition coefficient (Wildman–Crippen LogP) is 2.66. The molecule has 0 heterocycles. The quantitative estimate of drug-likeness (QED) is 0.641. The van der Waals surface area contributed by atoms with Crippen molar-refractivity contribution >= 4 is 18.2 Å². The van der Waals surface area contributed by atoms with Crippen LogP contribution in [0.2, 0.25) is 0 Å². The molecule has 0 aliphatic heterocycles. The maximum Gasteiger partial charge on any atom is 0.196 e. The largest absolute Gasteiger partial charge is 0.508 e. The molecule has 2 rings (SSSR count). The van der Waals surface area contributed by atoms with E-state index in [2.05, 4.69) is 11.7 Å². The molecule has 0 unspecified atom stereocenters. The topological polar surface area (TPSA) is 69.9 Å². The number of nitrogens with zero attached hydrogens (tertiary/aromatic N) is 1. The molecule has 0 saturated heterocycles. The summed E-state index contributed by atoms with van der Waals surface area (Å²) in [5.74, 6) is -0.649. The van der Waals surface area contributed by atoms with Crippen molar-refractivity contribution in [2.24, 2.45) is 4.99 Å². The van der Waals surface area contributed by atoms with E-state index in [1.54, 1.807) is 24.3 Å². The van der Waals surface area contributed by atoms with Gasteiger partial charge in [-0.05, 0) is 43.1 Å². The summed E-state index contributed by atoms with van der Waals surface area (Å²) in [5, 5.41) is 18.8. The normalized spacial score (nSPS) is 10.0. The van der Waals surface area contributed by atoms with E-state index in [1.807, 2.05) is 0 Å². The first-order chi connectivity index (χ1) is 8.61. The minimum Gasteiger partial charge on any atom is -0.508 e. The number of aliphatic imine (C=N–C) groups is 1. The van der Waals surface area contributed by atoms with Gasteiger partial charge in [-0.2, -0.15) is 0 Å². The number of hydrogen-bond acceptors (Lipinski definition) is 4. The van der Waals surface area contributed by atoms with Crippen molar-refractivity contribution in [1.29, 1.82) is 0 Å². The summed E-state index contributed by atoms with van der Waals surface area (Å²) in [6, 6.07) is 10.4. The Kier molecular flexibility index (Phi) is 3.10. The van der Waals surface area contributed by atoms with Crippen molar-refractivity contribution in [3.63, 3.8) is 0 Å². The second kappa shape index (κ2) is 4.71. The van der Waals surface area contributed by atoms with Crippen molar-refractivity contribution in [1.82, 2.24) is 0 Å². The van der Waals surface area contributed by atoms with Gasteiger partial charge in [-0.15, -0.1) is 0 Å². The minimum atomic E-state index is -0.317. The Morgan fingerprint density at radius 3 is 2.28 bits per heavy atom. The molecule has 0 radical (unpaired) electrons. The van der Waals surface area contributed by atoms with Gasteiger partial charge in [-0.25, -0.2) is 0 Å². The summed E-state index contributed by atoms with van der Waals surface area (Å²) >= 11 is 0. The molecule has 0 fully saturated rings. The Bertz CT molecular complexity index is 603. The van der Waals surface area contributed by atoms with Gasteiger partial charge in [0.1, 0.15) is 11.5 Å². The smallest absolute Gasteiger partial charge is 0.196 e. The third kappa shape index (κ3) is 2.22. The molecular formula is C14H11NO3. The highest BCUT2D eigenvalue weighted by atomic mass is 16.3. The lowest BCUT2D eigenvalue weighted by molar-refractivity contribution is 0.103. The molecule has 90 valence electrons. The van der Waals surface area contributed by atoms with E-state index in [0.717, 1.165) is 6.07 Å². The van der Waals surface area contributed by atoms with Gasteiger partial charge in [-0.1, -0.05) is 0 Å². The monoisotopic (exact) mass is 241 g/mol. The van der Waals surface area contributed by atoms with Crippen molar-refractivity contribution in [2.75, 3.05) is 0 Å². The number of carbonyl (C=O) groups is 1.